The Morgan fingerprint density at radius 3 is 1.65 bits per heavy atom. The number of carbonyl (C=O) groups is 4. The number of nitro benzene ring substituents is 1. The molecule has 3 aliphatic carbocycles. The topological polar surface area (TPSA) is 118 Å². The van der Waals surface area contributed by atoms with Crippen molar-refractivity contribution in [3.8, 4) is 0 Å². The first kappa shape index (κ1) is 29.8. The number of nitrogens with zero attached hydrogens (tertiary/aromatic N) is 3. The van der Waals surface area contributed by atoms with Gasteiger partial charge in [-0.05, 0) is 65.1 Å². The van der Waals surface area contributed by atoms with Gasteiger partial charge in [0.15, 0.2) is 5.78 Å². The Morgan fingerprint density at radius 2 is 1.22 bits per heavy atom. The molecule has 0 saturated carbocycles. The number of hydrazine groups is 1. The summed E-state index contributed by atoms with van der Waals surface area (Å²) in [5.41, 5.74) is 3.74. The van der Waals surface area contributed by atoms with Crippen LogP contribution in [0.1, 0.15) is 61.2 Å². The zero-order valence-electron chi connectivity index (χ0n) is 24.1. The van der Waals surface area contributed by atoms with Crippen molar-refractivity contribution in [1.82, 2.24) is 10.0 Å². The molecule has 4 aliphatic rings. The Bertz CT molecular complexity index is 1810. The maximum Gasteiger partial charge on any atom is 0.273 e. The molecule has 2 bridgehead atoms. The summed E-state index contributed by atoms with van der Waals surface area (Å²) in [7, 11) is 0. The molecule has 0 N–H and O–H groups in total. The van der Waals surface area contributed by atoms with Gasteiger partial charge in [0.2, 0.25) is 0 Å². The number of halogens is 2. The Balaban J connectivity index is 1.37. The highest BCUT2D eigenvalue weighted by atomic mass is 35.5. The van der Waals surface area contributed by atoms with Gasteiger partial charge >= 0.3 is 0 Å². The zero-order valence-corrected chi connectivity index (χ0v) is 25.6. The van der Waals surface area contributed by atoms with Crippen LogP contribution in [0.25, 0.3) is 0 Å². The largest absolute Gasteiger partial charge is 0.292 e. The van der Waals surface area contributed by atoms with E-state index in [1.165, 1.54) is 36.4 Å². The second-order valence-electron chi connectivity index (χ2n) is 11.6. The number of non-ortho nitro benzene ring substituents is 1. The summed E-state index contributed by atoms with van der Waals surface area (Å²) in [6.45, 7) is 0. The maximum absolute atomic E-state index is 14.7. The SMILES string of the molecule is O=C(c1ccc(Cl)cc1)[C@@H](CCCl)N(C(=O)c1ccc([N+](=O)[O-])cc1)N1C(=O)[C@@H]2C3c4ccccc4C(c4ccccc43)[C@@H]2C1=O. The van der Waals surface area contributed by atoms with E-state index in [0.29, 0.717) is 5.02 Å². The number of rotatable bonds is 8. The van der Waals surface area contributed by atoms with Crippen LogP contribution in [0.4, 0.5) is 5.69 Å². The van der Waals surface area contributed by atoms with E-state index >= 15 is 0 Å². The third-order valence-corrected chi connectivity index (χ3v) is 9.75. The maximum atomic E-state index is 14.7. The number of hydrogen-bond donors (Lipinski definition) is 0. The summed E-state index contributed by atoms with van der Waals surface area (Å²) < 4.78 is 0. The van der Waals surface area contributed by atoms with Gasteiger partial charge in [0.1, 0.15) is 6.04 Å². The van der Waals surface area contributed by atoms with E-state index in [0.717, 1.165) is 44.4 Å². The van der Waals surface area contributed by atoms with E-state index < -0.39 is 58.1 Å². The molecule has 9 nitrogen and oxygen atoms in total. The quantitative estimate of drug-likeness (QED) is 0.0716. The highest BCUT2D eigenvalue weighted by molar-refractivity contribution is 6.30. The average molecular weight is 655 g/mol. The molecule has 11 heteroatoms. The van der Waals surface area contributed by atoms with E-state index in [1.807, 2.05) is 48.5 Å². The number of amides is 3. The molecule has 8 rings (SSSR count). The molecule has 0 spiro atoms. The van der Waals surface area contributed by atoms with Gasteiger partial charge in [0, 0.05) is 46.0 Å². The lowest BCUT2D eigenvalue weighted by atomic mass is 9.55. The molecule has 1 saturated heterocycles. The first-order valence-corrected chi connectivity index (χ1v) is 15.6. The first-order valence-electron chi connectivity index (χ1n) is 14.7. The molecular formula is C35H25Cl2N3O6. The molecule has 0 radical (unpaired) electrons. The summed E-state index contributed by atoms with van der Waals surface area (Å²) in [6, 6.07) is 25.0. The Kier molecular flexibility index (Phi) is 7.45. The normalized spacial score (nSPS) is 21.3. The number of alkyl halides is 1. The molecular weight excluding hydrogens is 629 g/mol. The number of nitro groups is 1. The van der Waals surface area contributed by atoms with Crippen LogP contribution in [0, 0.1) is 22.0 Å². The van der Waals surface area contributed by atoms with Crippen molar-refractivity contribution >= 4 is 52.4 Å². The van der Waals surface area contributed by atoms with Crippen LogP contribution < -0.4 is 0 Å². The molecule has 46 heavy (non-hydrogen) atoms. The zero-order chi connectivity index (χ0) is 32.3. The highest BCUT2D eigenvalue weighted by Gasteiger charge is 2.63. The molecule has 3 amide bonds. The number of carbonyl (C=O) groups excluding carboxylic acids is 4. The highest BCUT2D eigenvalue weighted by Crippen LogP contribution is 2.61. The molecule has 0 unspecified atom stereocenters. The van der Waals surface area contributed by atoms with Crippen LogP contribution in [0.15, 0.2) is 97.1 Å². The van der Waals surface area contributed by atoms with Gasteiger partial charge in [-0.15, -0.1) is 11.6 Å². The van der Waals surface area contributed by atoms with Gasteiger partial charge in [-0.25, -0.2) is 5.01 Å². The summed E-state index contributed by atoms with van der Waals surface area (Å²) >= 11 is 12.3. The van der Waals surface area contributed by atoms with E-state index in [4.69, 9.17) is 23.2 Å². The Hall–Kier alpha value is -4.86. The van der Waals surface area contributed by atoms with Crippen LogP contribution in [0.5, 0.6) is 0 Å². The van der Waals surface area contributed by atoms with Crippen molar-refractivity contribution in [2.75, 3.05) is 5.88 Å². The standard InChI is InChI=1S/C35H25Cl2N3O6/c36-18-17-27(32(41)19-9-13-21(37)14-10-19)38(33(42)20-11-15-22(16-12-20)40(45)46)39-34(43)30-28-23-5-1-2-6-24(23)29(31(30)35(39)44)26-8-4-3-7-25(26)28/h1-16,27-31H,17-18H2/t27-,28?,29?,30-,31+/m1/s1. The van der Waals surface area contributed by atoms with E-state index in [9.17, 15) is 29.3 Å². The molecule has 4 aromatic rings. The van der Waals surface area contributed by atoms with E-state index in [2.05, 4.69) is 0 Å². The molecule has 230 valence electrons. The van der Waals surface area contributed by atoms with Crippen LogP contribution in [-0.4, -0.2) is 50.4 Å². The molecule has 1 heterocycles. The number of Topliss-reactive ketones (excluding diaryl/α,β-unsaturated/α-hetero) is 1. The second kappa shape index (κ2) is 11.5. The lowest BCUT2D eigenvalue weighted by molar-refractivity contribution is -0.384. The minimum absolute atomic E-state index is 0.0425. The number of ketones is 1. The fraction of sp³-hybridized carbons (Fsp3) is 0.200. The molecule has 1 fully saturated rings. The van der Waals surface area contributed by atoms with Gasteiger partial charge in [-0.2, -0.15) is 5.01 Å². The van der Waals surface area contributed by atoms with Gasteiger partial charge in [-0.3, -0.25) is 29.3 Å². The van der Waals surface area contributed by atoms with Gasteiger partial charge in [0.25, 0.3) is 23.4 Å². The number of hydrogen-bond acceptors (Lipinski definition) is 6. The van der Waals surface area contributed by atoms with Gasteiger partial charge < -0.3 is 0 Å². The van der Waals surface area contributed by atoms with Crippen molar-refractivity contribution in [2.45, 2.75) is 24.3 Å². The summed E-state index contributed by atoms with van der Waals surface area (Å²) in [6.07, 6.45) is -0.0819. The lowest BCUT2D eigenvalue weighted by Gasteiger charge is -2.45. The fourth-order valence-corrected chi connectivity index (χ4v) is 7.71. The average Bonchev–Trinajstić information content (AvgIpc) is 3.34. The van der Waals surface area contributed by atoms with E-state index in [1.54, 1.807) is 0 Å². The first-order chi connectivity index (χ1) is 22.2. The minimum Gasteiger partial charge on any atom is -0.292 e. The van der Waals surface area contributed by atoms with Gasteiger partial charge in [-0.1, -0.05) is 60.1 Å². The van der Waals surface area contributed by atoms with Crippen molar-refractivity contribution in [1.29, 1.82) is 0 Å². The Labute approximate surface area is 273 Å². The molecule has 1 aliphatic heterocycles. The summed E-state index contributed by atoms with van der Waals surface area (Å²) in [5, 5.41) is 13.5. The minimum atomic E-state index is -1.35. The van der Waals surface area contributed by atoms with Crippen molar-refractivity contribution in [3.63, 3.8) is 0 Å². The van der Waals surface area contributed by atoms with Crippen molar-refractivity contribution in [2.24, 2.45) is 11.8 Å². The van der Waals surface area contributed by atoms with Gasteiger partial charge in [0.05, 0.1) is 16.8 Å². The molecule has 0 aromatic heterocycles. The lowest BCUT2D eigenvalue weighted by Crippen LogP contribution is -2.57. The number of benzene rings is 4. The third-order valence-electron chi connectivity index (χ3n) is 9.28. The number of imide groups is 1. The van der Waals surface area contributed by atoms with Crippen LogP contribution in [-0.2, 0) is 9.59 Å². The van der Waals surface area contributed by atoms with Crippen LogP contribution in [0.3, 0.4) is 0 Å². The predicted molar refractivity (Wildman–Crippen MR) is 170 cm³/mol. The fourth-order valence-electron chi connectivity index (χ4n) is 7.38. The summed E-state index contributed by atoms with van der Waals surface area (Å²) in [4.78, 5) is 68.6. The van der Waals surface area contributed by atoms with Crippen molar-refractivity contribution in [3.05, 3.63) is 146 Å². The Morgan fingerprint density at radius 1 is 0.761 bits per heavy atom. The van der Waals surface area contributed by atoms with Crippen LogP contribution in [0.2, 0.25) is 5.02 Å². The second-order valence-corrected chi connectivity index (χ2v) is 12.4. The smallest absolute Gasteiger partial charge is 0.273 e. The third kappa shape index (κ3) is 4.53. The summed E-state index contributed by atoms with van der Waals surface area (Å²) in [5.74, 6) is -5.11. The van der Waals surface area contributed by atoms with Crippen molar-refractivity contribution < 1.29 is 24.1 Å². The molecule has 3 atom stereocenters. The molecule has 4 aromatic carbocycles. The van der Waals surface area contributed by atoms with Crippen LogP contribution >= 0.6 is 23.2 Å². The predicted octanol–water partition coefficient (Wildman–Crippen LogP) is 6.38. The van der Waals surface area contributed by atoms with E-state index in [-0.39, 0.29) is 29.1 Å². The monoisotopic (exact) mass is 653 g/mol.